The molecule has 0 aliphatic rings. The summed E-state index contributed by atoms with van der Waals surface area (Å²) in [6, 6.07) is 8.97. The van der Waals surface area contributed by atoms with Gasteiger partial charge in [0.1, 0.15) is 11.6 Å². The summed E-state index contributed by atoms with van der Waals surface area (Å²) >= 11 is 0. The monoisotopic (exact) mass is 260 g/mol. The minimum atomic E-state index is -1.01. The molecule has 3 nitrogen and oxygen atoms in total. The van der Waals surface area contributed by atoms with Gasteiger partial charge in [-0.1, -0.05) is 6.07 Å². The van der Waals surface area contributed by atoms with Crippen molar-refractivity contribution in [1.29, 1.82) is 0 Å². The maximum Gasteiger partial charge on any atom is 0.335 e. The maximum atomic E-state index is 13.1. The Morgan fingerprint density at radius 3 is 2.47 bits per heavy atom. The van der Waals surface area contributed by atoms with Gasteiger partial charge < -0.3 is 9.84 Å². The molecule has 0 saturated heterocycles. The molecule has 0 unspecified atom stereocenters. The molecule has 0 radical (unpaired) electrons. The van der Waals surface area contributed by atoms with Crippen molar-refractivity contribution in [3.8, 4) is 16.9 Å². The molecule has 0 fully saturated rings. The molecular weight excluding hydrogens is 247 g/mol. The van der Waals surface area contributed by atoms with E-state index in [0.29, 0.717) is 11.3 Å². The van der Waals surface area contributed by atoms with Gasteiger partial charge in [0.15, 0.2) is 0 Å². The number of carboxylic acids is 1. The largest absolute Gasteiger partial charge is 0.496 e. The highest BCUT2D eigenvalue weighted by atomic mass is 19.1. The molecule has 0 spiro atoms. The number of carboxylic acid groups (broad SMARTS) is 1. The van der Waals surface area contributed by atoms with Gasteiger partial charge in [0.2, 0.25) is 0 Å². The Balaban J connectivity index is 2.64. The maximum absolute atomic E-state index is 13.1. The van der Waals surface area contributed by atoms with Crippen molar-refractivity contribution in [2.24, 2.45) is 0 Å². The van der Waals surface area contributed by atoms with Crippen LogP contribution in [0.1, 0.15) is 15.9 Å². The highest BCUT2D eigenvalue weighted by Crippen LogP contribution is 2.33. The molecule has 1 N–H and O–H groups in total. The van der Waals surface area contributed by atoms with Crippen LogP contribution in [0, 0.1) is 12.7 Å². The van der Waals surface area contributed by atoms with Crippen molar-refractivity contribution in [2.75, 3.05) is 7.11 Å². The van der Waals surface area contributed by atoms with E-state index in [1.54, 1.807) is 19.1 Å². The Morgan fingerprint density at radius 2 is 1.89 bits per heavy atom. The third-order valence-electron chi connectivity index (χ3n) is 2.93. The number of halogens is 1. The van der Waals surface area contributed by atoms with Crippen LogP contribution in [0.3, 0.4) is 0 Å². The molecule has 0 aliphatic heterocycles. The van der Waals surface area contributed by atoms with Crippen LogP contribution in [-0.2, 0) is 0 Å². The van der Waals surface area contributed by atoms with Crippen LogP contribution in [0.4, 0.5) is 4.39 Å². The number of carbonyl (C=O) groups is 1. The van der Waals surface area contributed by atoms with Crippen LogP contribution in [0.15, 0.2) is 36.4 Å². The van der Waals surface area contributed by atoms with Gasteiger partial charge in [-0.2, -0.15) is 0 Å². The summed E-state index contributed by atoms with van der Waals surface area (Å²) in [5.74, 6) is -0.780. The van der Waals surface area contributed by atoms with Crippen LogP contribution < -0.4 is 4.74 Å². The number of methoxy groups -OCH3 is 1. The predicted octanol–water partition coefficient (Wildman–Crippen LogP) is 3.51. The summed E-state index contributed by atoms with van der Waals surface area (Å²) in [5.41, 5.74) is 2.28. The molecule has 2 aromatic carbocycles. The van der Waals surface area contributed by atoms with Crippen molar-refractivity contribution in [3.05, 3.63) is 53.3 Å². The number of benzene rings is 2. The molecule has 2 rings (SSSR count). The van der Waals surface area contributed by atoms with E-state index in [0.717, 1.165) is 11.1 Å². The van der Waals surface area contributed by atoms with E-state index in [9.17, 15) is 9.18 Å². The number of rotatable bonds is 3. The minimum Gasteiger partial charge on any atom is -0.496 e. The zero-order chi connectivity index (χ0) is 14.0. The van der Waals surface area contributed by atoms with Crippen LogP contribution in [-0.4, -0.2) is 18.2 Å². The zero-order valence-corrected chi connectivity index (χ0v) is 10.6. The van der Waals surface area contributed by atoms with Gasteiger partial charge in [0.25, 0.3) is 0 Å². The average Bonchev–Trinajstić information content (AvgIpc) is 2.38. The molecule has 0 aromatic heterocycles. The summed E-state index contributed by atoms with van der Waals surface area (Å²) in [7, 11) is 1.51. The molecule has 0 aliphatic carbocycles. The lowest BCUT2D eigenvalue weighted by molar-refractivity contribution is 0.0697. The molecule has 0 saturated carbocycles. The molecule has 98 valence electrons. The van der Waals surface area contributed by atoms with Gasteiger partial charge in [0, 0.05) is 5.56 Å². The normalized spacial score (nSPS) is 10.3. The second-order valence-corrected chi connectivity index (χ2v) is 4.18. The van der Waals surface area contributed by atoms with Crippen LogP contribution in [0.25, 0.3) is 11.1 Å². The van der Waals surface area contributed by atoms with Crippen molar-refractivity contribution in [3.63, 3.8) is 0 Å². The highest BCUT2D eigenvalue weighted by molar-refractivity contribution is 5.90. The fourth-order valence-electron chi connectivity index (χ4n) is 1.98. The molecular formula is C15H13FO3. The SMILES string of the molecule is COc1ccc(C(=O)O)cc1-c1ccc(F)cc1C. The predicted molar refractivity (Wildman–Crippen MR) is 70.1 cm³/mol. The first-order valence-electron chi connectivity index (χ1n) is 5.71. The third-order valence-corrected chi connectivity index (χ3v) is 2.93. The summed E-state index contributed by atoms with van der Waals surface area (Å²) in [5, 5.41) is 9.03. The van der Waals surface area contributed by atoms with Crippen molar-refractivity contribution < 1.29 is 19.0 Å². The van der Waals surface area contributed by atoms with Crippen molar-refractivity contribution in [1.82, 2.24) is 0 Å². The fourth-order valence-corrected chi connectivity index (χ4v) is 1.98. The molecule has 0 heterocycles. The van der Waals surface area contributed by atoms with E-state index in [-0.39, 0.29) is 11.4 Å². The summed E-state index contributed by atoms with van der Waals surface area (Å²) in [6.07, 6.45) is 0. The topological polar surface area (TPSA) is 46.5 Å². The minimum absolute atomic E-state index is 0.166. The van der Waals surface area contributed by atoms with Crippen LogP contribution in [0.2, 0.25) is 0 Å². The quantitative estimate of drug-likeness (QED) is 0.918. The molecule has 0 bridgehead atoms. The van der Waals surface area contributed by atoms with E-state index in [1.807, 2.05) is 0 Å². The summed E-state index contributed by atoms with van der Waals surface area (Å²) in [4.78, 5) is 11.0. The lowest BCUT2D eigenvalue weighted by Gasteiger charge is -2.12. The van der Waals surface area contributed by atoms with E-state index in [4.69, 9.17) is 9.84 Å². The third kappa shape index (κ3) is 2.57. The summed E-state index contributed by atoms with van der Waals surface area (Å²) < 4.78 is 18.4. The Kier molecular flexibility index (Phi) is 3.51. The second kappa shape index (κ2) is 5.10. The summed E-state index contributed by atoms with van der Waals surface area (Å²) in [6.45, 7) is 1.77. The standard InChI is InChI=1S/C15H13FO3/c1-9-7-11(16)4-5-12(9)13-8-10(15(17)18)3-6-14(13)19-2/h3-8H,1-2H3,(H,17,18). The zero-order valence-electron chi connectivity index (χ0n) is 10.6. The number of hydrogen-bond donors (Lipinski definition) is 1. The number of hydrogen-bond acceptors (Lipinski definition) is 2. The van der Waals surface area contributed by atoms with Gasteiger partial charge in [-0.25, -0.2) is 9.18 Å². The Bertz CT molecular complexity index is 635. The van der Waals surface area contributed by atoms with Gasteiger partial charge in [-0.3, -0.25) is 0 Å². The van der Waals surface area contributed by atoms with Crippen LogP contribution in [0.5, 0.6) is 5.75 Å². The van der Waals surface area contributed by atoms with Crippen molar-refractivity contribution >= 4 is 5.97 Å². The second-order valence-electron chi connectivity index (χ2n) is 4.18. The lowest BCUT2D eigenvalue weighted by Crippen LogP contribution is -1.98. The molecule has 2 aromatic rings. The first-order valence-corrected chi connectivity index (χ1v) is 5.71. The van der Waals surface area contributed by atoms with Gasteiger partial charge in [-0.05, 0) is 48.4 Å². The molecule has 4 heteroatoms. The Hall–Kier alpha value is -2.36. The number of aryl methyl sites for hydroxylation is 1. The molecule has 0 atom stereocenters. The van der Waals surface area contributed by atoms with E-state index < -0.39 is 5.97 Å². The number of aromatic carboxylic acids is 1. The molecule has 19 heavy (non-hydrogen) atoms. The van der Waals surface area contributed by atoms with Crippen LogP contribution >= 0.6 is 0 Å². The first kappa shape index (κ1) is 13.1. The smallest absolute Gasteiger partial charge is 0.335 e. The Labute approximate surface area is 110 Å². The van der Waals surface area contributed by atoms with Gasteiger partial charge in [-0.15, -0.1) is 0 Å². The van der Waals surface area contributed by atoms with Gasteiger partial charge >= 0.3 is 5.97 Å². The first-order chi connectivity index (χ1) is 9.02. The lowest BCUT2D eigenvalue weighted by atomic mass is 9.97. The number of ether oxygens (including phenoxy) is 1. The van der Waals surface area contributed by atoms with Gasteiger partial charge in [0.05, 0.1) is 12.7 Å². The fraction of sp³-hybridized carbons (Fsp3) is 0.133. The highest BCUT2D eigenvalue weighted by Gasteiger charge is 2.12. The van der Waals surface area contributed by atoms with E-state index >= 15 is 0 Å². The molecule has 0 amide bonds. The average molecular weight is 260 g/mol. The Morgan fingerprint density at radius 1 is 1.16 bits per heavy atom. The van der Waals surface area contributed by atoms with E-state index in [2.05, 4.69) is 0 Å². The van der Waals surface area contributed by atoms with E-state index in [1.165, 1.54) is 31.4 Å². The van der Waals surface area contributed by atoms with Crippen molar-refractivity contribution in [2.45, 2.75) is 6.92 Å².